The number of aliphatic imine (C=N–C) groups is 1. The first-order chi connectivity index (χ1) is 11.7. The Morgan fingerprint density at radius 1 is 1.25 bits per heavy atom. The van der Waals surface area contributed by atoms with Crippen molar-refractivity contribution in [2.24, 2.45) is 4.99 Å². The molecular weight excluding hydrogens is 324 g/mol. The van der Waals surface area contributed by atoms with E-state index >= 15 is 0 Å². The smallest absolute Gasteiger partial charge is 0.224 e. The molecule has 122 valence electrons. The van der Waals surface area contributed by atoms with Crippen LogP contribution in [0.3, 0.4) is 0 Å². The lowest BCUT2D eigenvalue weighted by Crippen LogP contribution is -2.12. The lowest BCUT2D eigenvalue weighted by Gasteiger charge is -2.09. The van der Waals surface area contributed by atoms with Gasteiger partial charge >= 0.3 is 0 Å². The van der Waals surface area contributed by atoms with Crippen molar-refractivity contribution in [3.05, 3.63) is 51.4 Å². The first-order valence-electron chi connectivity index (χ1n) is 8.07. The number of hydrogen-bond donors (Lipinski definition) is 0. The topological polar surface area (TPSA) is 58.5 Å². The Morgan fingerprint density at radius 3 is 2.96 bits per heavy atom. The third-order valence-corrected chi connectivity index (χ3v) is 4.89. The predicted octanol–water partition coefficient (Wildman–Crippen LogP) is 3.23. The Labute approximate surface area is 145 Å². The minimum Gasteiger partial charge on any atom is -0.335 e. The third-order valence-electron chi connectivity index (χ3n) is 4.72. The van der Waals surface area contributed by atoms with Crippen LogP contribution in [0, 0.1) is 0 Å². The Hall–Kier alpha value is -2.27. The summed E-state index contributed by atoms with van der Waals surface area (Å²) in [4.78, 5) is 26.0. The molecule has 2 aromatic rings. The molecular formula is C18H17ClN4O. The molecule has 5 nitrogen and oxygen atoms in total. The van der Waals surface area contributed by atoms with Gasteiger partial charge in [-0.25, -0.2) is 9.98 Å². The quantitative estimate of drug-likeness (QED) is 0.489. The number of halogens is 1. The van der Waals surface area contributed by atoms with E-state index in [0.29, 0.717) is 18.9 Å². The summed E-state index contributed by atoms with van der Waals surface area (Å²) in [5.74, 6) is 0.572. The second-order valence-electron chi connectivity index (χ2n) is 6.25. The van der Waals surface area contributed by atoms with E-state index in [0.717, 1.165) is 36.2 Å². The summed E-state index contributed by atoms with van der Waals surface area (Å²) in [6.07, 6.45) is 4.25. The minimum atomic E-state index is 0.173. The second kappa shape index (κ2) is 5.98. The van der Waals surface area contributed by atoms with Crippen LogP contribution in [0.25, 0.3) is 0 Å². The highest BCUT2D eigenvalue weighted by molar-refractivity contribution is 6.28. The molecule has 0 fully saturated rings. The van der Waals surface area contributed by atoms with Gasteiger partial charge in [0.2, 0.25) is 11.7 Å². The fraction of sp³-hybridized carbons (Fsp3) is 0.333. The van der Waals surface area contributed by atoms with Gasteiger partial charge in [-0.1, -0.05) is 18.2 Å². The van der Waals surface area contributed by atoms with Gasteiger partial charge in [0.1, 0.15) is 0 Å². The molecule has 1 aliphatic carbocycles. The highest BCUT2D eigenvalue weighted by atomic mass is 35.5. The third kappa shape index (κ3) is 2.59. The molecule has 0 saturated carbocycles. The molecule has 0 spiro atoms. The van der Waals surface area contributed by atoms with Crippen LogP contribution in [-0.2, 0) is 30.7 Å². The average molecular weight is 341 g/mol. The second-order valence-corrected chi connectivity index (χ2v) is 6.58. The van der Waals surface area contributed by atoms with Crippen LogP contribution in [0.1, 0.15) is 41.3 Å². The number of carbonyl (C=O) groups is 1. The molecule has 1 aromatic heterocycles. The van der Waals surface area contributed by atoms with E-state index in [2.05, 4.69) is 28.2 Å². The number of benzene rings is 1. The lowest BCUT2D eigenvalue weighted by atomic mass is 10.0. The normalized spacial score (nSPS) is 16.2. The summed E-state index contributed by atoms with van der Waals surface area (Å²) in [6.45, 7) is 2.95. The van der Waals surface area contributed by atoms with Crippen molar-refractivity contribution in [3.63, 3.8) is 0 Å². The van der Waals surface area contributed by atoms with Gasteiger partial charge in [-0.2, -0.15) is 4.98 Å². The summed E-state index contributed by atoms with van der Waals surface area (Å²) in [7, 11) is 0. The SMILES string of the molecule is CC(=Nc1nc(Cl)nc2c1CN(C=O)C2)c1cccc2c1CCC2. The zero-order valence-corrected chi connectivity index (χ0v) is 14.2. The van der Waals surface area contributed by atoms with E-state index in [1.165, 1.54) is 23.1 Å². The molecule has 24 heavy (non-hydrogen) atoms. The van der Waals surface area contributed by atoms with E-state index in [4.69, 9.17) is 16.6 Å². The van der Waals surface area contributed by atoms with Gasteiger partial charge in [-0.3, -0.25) is 4.79 Å². The highest BCUT2D eigenvalue weighted by Crippen LogP contribution is 2.31. The van der Waals surface area contributed by atoms with E-state index in [1.807, 2.05) is 6.92 Å². The van der Waals surface area contributed by atoms with Crippen LogP contribution in [-0.4, -0.2) is 27.0 Å². The largest absolute Gasteiger partial charge is 0.335 e. The van der Waals surface area contributed by atoms with Crippen LogP contribution in [0.4, 0.5) is 5.82 Å². The van der Waals surface area contributed by atoms with Gasteiger partial charge in [0.15, 0.2) is 5.82 Å². The standard InChI is InChI=1S/C18H17ClN4O/c1-11(13-6-2-4-12-5-3-7-14(12)13)20-17-15-8-23(10-24)9-16(15)21-18(19)22-17/h2,4,6,10H,3,5,7-9H2,1H3. The molecule has 1 aliphatic heterocycles. The number of fused-ring (bicyclic) bond motifs is 2. The van der Waals surface area contributed by atoms with Crippen molar-refractivity contribution in [3.8, 4) is 0 Å². The van der Waals surface area contributed by atoms with Gasteiger partial charge in [0.05, 0.1) is 18.8 Å². The molecule has 6 heteroatoms. The zero-order chi connectivity index (χ0) is 16.7. The summed E-state index contributed by atoms with van der Waals surface area (Å²) < 4.78 is 0. The Bertz CT molecular complexity index is 862. The molecule has 0 atom stereocenters. The first-order valence-corrected chi connectivity index (χ1v) is 8.44. The zero-order valence-electron chi connectivity index (χ0n) is 13.4. The number of carbonyl (C=O) groups excluding carboxylic acids is 1. The molecule has 2 heterocycles. The van der Waals surface area contributed by atoms with Crippen LogP contribution < -0.4 is 0 Å². The van der Waals surface area contributed by atoms with Gasteiger partial charge < -0.3 is 4.90 Å². The summed E-state index contributed by atoms with van der Waals surface area (Å²) in [5.41, 5.74) is 6.59. The number of aryl methyl sites for hydroxylation is 1. The number of aromatic nitrogens is 2. The van der Waals surface area contributed by atoms with Gasteiger partial charge in [0.25, 0.3) is 0 Å². The maximum atomic E-state index is 11.1. The van der Waals surface area contributed by atoms with Crippen LogP contribution >= 0.6 is 11.6 Å². The molecule has 1 amide bonds. The molecule has 2 aliphatic rings. The minimum absolute atomic E-state index is 0.173. The van der Waals surface area contributed by atoms with Crippen molar-refractivity contribution in [2.45, 2.75) is 39.3 Å². The summed E-state index contributed by atoms with van der Waals surface area (Å²) in [6, 6.07) is 6.40. The van der Waals surface area contributed by atoms with Gasteiger partial charge in [-0.15, -0.1) is 0 Å². The van der Waals surface area contributed by atoms with E-state index in [1.54, 1.807) is 4.90 Å². The molecule has 1 aromatic carbocycles. The van der Waals surface area contributed by atoms with Crippen LogP contribution in [0.15, 0.2) is 23.2 Å². The van der Waals surface area contributed by atoms with E-state index < -0.39 is 0 Å². The first kappa shape index (κ1) is 15.3. The van der Waals surface area contributed by atoms with Crippen molar-refractivity contribution < 1.29 is 4.79 Å². The number of amides is 1. The molecule has 0 bridgehead atoms. The number of nitrogens with zero attached hydrogens (tertiary/aromatic N) is 4. The lowest BCUT2D eigenvalue weighted by molar-refractivity contribution is -0.118. The Balaban J connectivity index is 1.77. The van der Waals surface area contributed by atoms with Crippen LogP contribution in [0.2, 0.25) is 5.28 Å². The van der Waals surface area contributed by atoms with Gasteiger partial charge in [0, 0.05) is 11.3 Å². The van der Waals surface area contributed by atoms with E-state index in [9.17, 15) is 4.79 Å². The number of rotatable bonds is 3. The fourth-order valence-electron chi connectivity index (χ4n) is 3.58. The number of hydrogen-bond acceptors (Lipinski definition) is 4. The Kier molecular flexibility index (Phi) is 3.81. The maximum absolute atomic E-state index is 11.1. The van der Waals surface area contributed by atoms with Gasteiger partial charge in [-0.05, 0) is 54.5 Å². The Morgan fingerprint density at radius 2 is 2.12 bits per heavy atom. The van der Waals surface area contributed by atoms with Crippen molar-refractivity contribution in [1.82, 2.24) is 14.9 Å². The molecule has 0 unspecified atom stereocenters. The van der Waals surface area contributed by atoms with E-state index in [-0.39, 0.29) is 5.28 Å². The molecule has 0 radical (unpaired) electrons. The van der Waals surface area contributed by atoms with Crippen LogP contribution in [0.5, 0.6) is 0 Å². The molecule has 0 N–H and O–H groups in total. The van der Waals surface area contributed by atoms with Crippen molar-refractivity contribution in [1.29, 1.82) is 0 Å². The summed E-state index contributed by atoms with van der Waals surface area (Å²) in [5, 5.41) is 0.173. The molecule has 4 rings (SSSR count). The monoisotopic (exact) mass is 340 g/mol. The molecule has 0 saturated heterocycles. The van der Waals surface area contributed by atoms with Crippen molar-refractivity contribution >= 4 is 29.5 Å². The summed E-state index contributed by atoms with van der Waals surface area (Å²) >= 11 is 6.04. The highest BCUT2D eigenvalue weighted by Gasteiger charge is 2.24. The fourth-order valence-corrected chi connectivity index (χ4v) is 3.76. The average Bonchev–Trinajstić information content (AvgIpc) is 3.20. The maximum Gasteiger partial charge on any atom is 0.224 e. The predicted molar refractivity (Wildman–Crippen MR) is 92.7 cm³/mol. The van der Waals surface area contributed by atoms with Crippen molar-refractivity contribution in [2.75, 3.05) is 0 Å².